The number of hydrogen-bond acceptors (Lipinski definition) is 4. The van der Waals surface area contributed by atoms with Crippen LogP contribution in [0.3, 0.4) is 0 Å². The smallest absolute Gasteiger partial charge is 0.0931 e. The van der Waals surface area contributed by atoms with Crippen molar-refractivity contribution in [3.05, 3.63) is 21.3 Å². The molecule has 0 atom stereocenters. The monoisotopic (exact) mass is 260 g/mol. The summed E-state index contributed by atoms with van der Waals surface area (Å²) < 4.78 is 6.17. The van der Waals surface area contributed by atoms with Gasteiger partial charge >= 0.3 is 0 Å². The summed E-state index contributed by atoms with van der Waals surface area (Å²) in [5, 5.41) is 3.43. The van der Waals surface area contributed by atoms with Crippen molar-refractivity contribution in [3.63, 3.8) is 0 Å². The van der Waals surface area contributed by atoms with Gasteiger partial charge in [-0.15, -0.1) is 11.3 Å². The molecular weight excluding hydrogens is 244 g/mol. The SMILES string of the molecule is Clc1ccc(CNCCN2CCOCC2)s1. The lowest BCUT2D eigenvalue weighted by Crippen LogP contribution is -2.40. The molecule has 0 aromatic carbocycles. The molecule has 1 aliphatic heterocycles. The zero-order valence-electron chi connectivity index (χ0n) is 9.25. The fourth-order valence-corrected chi connectivity index (χ4v) is 2.78. The number of nitrogens with zero attached hydrogens (tertiary/aromatic N) is 1. The highest BCUT2D eigenvalue weighted by molar-refractivity contribution is 7.16. The molecule has 0 amide bonds. The number of morpholine rings is 1. The van der Waals surface area contributed by atoms with E-state index in [2.05, 4.69) is 16.3 Å². The molecule has 0 bridgehead atoms. The second-order valence-electron chi connectivity index (χ2n) is 3.84. The van der Waals surface area contributed by atoms with Crippen molar-refractivity contribution in [1.82, 2.24) is 10.2 Å². The van der Waals surface area contributed by atoms with Crippen LogP contribution in [0.4, 0.5) is 0 Å². The number of ether oxygens (including phenoxy) is 1. The Kier molecular flexibility index (Phi) is 5.06. The Morgan fingerprint density at radius 3 is 2.88 bits per heavy atom. The molecule has 90 valence electrons. The molecule has 1 N–H and O–H groups in total. The third kappa shape index (κ3) is 4.03. The van der Waals surface area contributed by atoms with E-state index in [4.69, 9.17) is 16.3 Å². The molecule has 0 aliphatic carbocycles. The zero-order chi connectivity index (χ0) is 11.2. The molecule has 1 aromatic heterocycles. The van der Waals surface area contributed by atoms with Gasteiger partial charge in [0, 0.05) is 37.6 Å². The highest BCUT2D eigenvalue weighted by Gasteiger charge is 2.08. The summed E-state index contributed by atoms with van der Waals surface area (Å²) in [6, 6.07) is 4.03. The Morgan fingerprint density at radius 1 is 1.38 bits per heavy atom. The Bertz CT molecular complexity index is 313. The first kappa shape index (κ1) is 12.3. The quantitative estimate of drug-likeness (QED) is 0.818. The van der Waals surface area contributed by atoms with Crippen LogP contribution in [0.2, 0.25) is 4.34 Å². The summed E-state index contributed by atoms with van der Waals surface area (Å²) in [6.45, 7) is 6.92. The minimum Gasteiger partial charge on any atom is -0.379 e. The lowest BCUT2D eigenvalue weighted by atomic mass is 10.4. The molecule has 5 heteroatoms. The molecule has 0 unspecified atom stereocenters. The van der Waals surface area contributed by atoms with Gasteiger partial charge in [-0.25, -0.2) is 0 Å². The average molecular weight is 261 g/mol. The van der Waals surface area contributed by atoms with Crippen LogP contribution in [0.15, 0.2) is 12.1 Å². The van der Waals surface area contributed by atoms with Crippen molar-refractivity contribution in [2.75, 3.05) is 39.4 Å². The van der Waals surface area contributed by atoms with Crippen molar-refractivity contribution < 1.29 is 4.74 Å². The van der Waals surface area contributed by atoms with Gasteiger partial charge in [-0.3, -0.25) is 4.90 Å². The van der Waals surface area contributed by atoms with Gasteiger partial charge < -0.3 is 10.1 Å². The number of rotatable bonds is 5. The summed E-state index contributed by atoms with van der Waals surface area (Å²) in [5.41, 5.74) is 0. The lowest BCUT2D eigenvalue weighted by Gasteiger charge is -2.26. The van der Waals surface area contributed by atoms with E-state index < -0.39 is 0 Å². The van der Waals surface area contributed by atoms with Gasteiger partial charge in [0.05, 0.1) is 17.6 Å². The third-order valence-electron chi connectivity index (χ3n) is 2.64. The molecular formula is C11H17ClN2OS. The zero-order valence-corrected chi connectivity index (χ0v) is 10.8. The van der Waals surface area contributed by atoms with Crippen molar-refractivity contribution in [2.45, 2.75) is 6.54 Å². The van der Waals surface area contributed by atoms with Gasteiger partial charge in [0.1, 0.15) is 0 Å². The maximum Gasteiger partial charge on any atom is 0.0931 e. The predicted octanol–water partition coefficient (Wildman–Crippen LogP) is 1.82. The second kappa shape index (κ2) is 6.57. The van der Waals surface area contributed by atoms with Crippen LogP contribution >= 0.6 is 22.9 Å². The maximum absolute atomic E-state index is 5.86. The summed E-state index contributed by atoms with van der Waals surface area (Å²) in [5.74, 6) is 0. The molecule has 1 aliphatic rings. The number of nitrogens with one attached hydrogen (secondary N) is 1. The standard InChI is InChI=1S/C11H17ClN2OS/c12-11-2-1-10(16-11)9-13-3-4-14-5-7-15-8-6-14/h1-2,13H,3-9H2. The first-order valence-corrected chi connectivity index (χ1v) is 6.79. The van der Waals surface area contributed by atoms with E-state index in [-0.39, 0.29) is 0 Å². The lowest BCUT2D eigenvalue weighted by molar-refractivity contribution is 0.0384. The Balaban J connectivity index is 1.57. The van der Waals surface area contributed by atoms with Crippen molar-refractivity contribution in [1.29, 1.82) is 0 Å². The average Bonchev–Trinajstić information content (AvgIpc) is 2.72. The van der Waals surface area contributed by atoms with E-state index in [1.165, 1.54) is 4.88 Å². The van der Waals surface area contributed by atoms with Crippen LogP contribution in [0.1, 0.15) is 4.88 Å². The summed E-state index contributed by atoms with van der Waals surface area (Å²) in [7, 11) is 0. The van der Waals surface area contributed by atoms with Gasteiger partial charge in [0.15, 0.2) is 0 Å². The first-order valence-electron chi connectivity index (χ1n) is 5.59. The van der Waals surface area contributed by atoms with E-state index in [1.54, 1.807) is 11.3 Å². The minimum absolute atomic E-state index is 0.866. The maximum atomic E-state index is 5.86. The van der Waals surface area contributed by atoms with E-state index in [9.17, 15) is 0 Å². The fourth-order valence-electron chi connectivity index (χ4n) is 1.72. The number of halogens is 1. The summed E-state index contributed by atoms with van der Waals surface area (Å²) >= 11 is 7.51. The molecule has 16 heavy (non-hydrogen) atoms. The summed E-state index contributed by atoms with van der Waals surface area (Å²) in [6.07, 6.45) is 0. The van der Waals surface area contributed by atoms with E-state index in [0.29, 0.717) is 0 Å². The van der Waals surface area contributed by atoms with Gasteiger partial charge in [0.25, 0.3) is 0 Å². The molecule has 0 spiro atoms. The highest BCUT2D eigenvalue weighted by atomic mass is 35.5. The molecule has 1 fully saturated rings. The molecule has 0 radical (unpaired) electrons. The van der Waals surface area contributed by atoms with E-state index >= 15 is 0 Å². The molecule has 0 saturated carbocycles. The van der Waals surface area contributed by atoms with Gasteiger partial charge in [-0.2, -0.15) is 0 Å². The third-order valence-corrected chi connectivity index (χ3v) is 3.87. The molecule has 2 rings (SSSR count). The van der Waals surface area contributed by atoms with Crippen LogP contribution in [0.25, 0.3) is 0 Å². The van der Waals surface area contributed by atoms with Crippen LogP contribution in [-0.4, -0.2) is 44.3 Å². The summed E-state index contributed by atoms with van der Waals surface area (Å²) in [4.78, 5) is 3.73. The topological polar surface area (TPSA) is 24.5 Å². The van der Waals surface area contributed by atoms with E-state index in [0.717, 1.165) is 50.3 Å². The van der Waals surface area contributed by atoms with E-state index in [1.807, 2.05) is 6.07 Å². The van der Waals surface area contributed by atoms with Crippen LogP contribution in [0.5, 0.6) is 0 Å². The van der Waals surface area contributed by atoms with Crippen LogP contribution < -0.4 is 5.32 Å². The van der Waals surface area contributed by atoms with Crippen molar-refractivity contribution in [2.24, 2.45) is 0 Å². The number of hydrogen-bond donors (Lipinski definition) is 1. The van der Waals surface area contributed by atoms with Crippen LogP contribution in [-0.2, 0) is 11.3 Å². The Morgan fingerprint density at radius 2 is 2.19 bits per heavy atom. The van der Waals surface area contributed by atoms with Gasteiger partial charge in [-0.05, 0) is 12.1 Å². The normalized spacial score (nSPS) is 17.8. The van der Waals surface area contributed by atoms with Crippen LogP contribution in [0, 0.1) is 0 Å². The Labute approximate surface area is 105 Å². The molecule has 1 saturated heterocycles. The molecule has 1 aromatic rings. The minimum atomic E-state index is 0.866. The predicted molar refractivity (Wildman–Crippen MR) is 68.3 cm³/mol. The van der Waals surface area contributed by atoms with Crippen molar-refractivity contribution in [3.8, 4) is 0 Å². The van der Waals surface area contributed by atoms with Gasteiger partial charge in [0.2, 0.25) is 0 Å². The number of thiophene rings is 1. The molecule has 3 nitrogen and oxygen atoms in total. The largest absolute Gasteiger partial charge is 0.379 e. The fraction of sp³-hybridized carbons (Fsp3) is 0.636. The first-order chi connectivity index (χ1) is 7.84. The Hall–Kier alpha value is -0.130. The van der Waals surface area contributed by atoms with Crippen molar-refractivity contribution >= 4 is 22.9 Å². The second-order valence-corrected chi connectivity index (χ2v) is 5.64. The van der Waals surface area contributed by atoms with Gasteiger partial charge in [-0.1, -0.05) is 11.6 Å². The molecule has 2 heterocycles. The highest BCUT2D eigenvalue weighted by Crippen LogP contribution is 2.20.